The number of carboxylic acid groups (broad SMARTS) is 1. The number of aryl methyl sites for hydroxylation is 1. The number of anilines is 1. The molecule has 0 bridgehead atoms. The van der Waals surface area contributed by atoms with Crippen LogP contribution in [0.4, 0.5) is 18.3 Å². The number of rotatable bonds is 2. The maximum absolute atomic E-state index is 12.5. The number of hydrogen-bond donors (Lipinski definition) is 1. The molecular weight excluding hydrogens is 281 g/mol. The van der Waals surface area contributed by atoms with Gasteiger partial charge in [0.1, 0.15) is 4.88 Å². The van der Waals surface area contributed by atoms with Gasteiger partial charge in [-0.2, -0.15) is 13.2 Å². The first-order chi connectivity index (χ1) is 8.79. The third kappa shape index (κ3) is 2.99. The van der Waals surface area contributed by atoms with E-state index in [-0.39, 0.29) is 30.8 Å². The summed E-state index contributed by atoms with van der Waals surface area (Å²) in [5, 5.41) is 9.43. The Morgan fingerprint density at radius 1 is 1.42 bits per heavy atom. The molecule has 1 aromatic heterocycles. The maximum atomic E-state index is 12.5. The van der Waals surface area contributed by atoms with E-state index in [1.54, 1.807) is 11.8 Å². The number of carboxylic acids is 1. The van der Waals surface area contributed by atoms with Gasteiger partial charge in [0.05, 0.1) is 11.6 Å². The predicted octanol–water partition coefficient (Wildman–Crippen LogP) is 2.93. The summed E-state index contributed by atoms with van der Waals surface area (Å²) in [5.41, 5.74) is 0.408. The lowest BCUT2D eigenvalue weighted by Crippen LogP contribution is -2.38. The number of nitrogens with zero attached hydrogens (tertiary/aromatic N) is 2. The van der Waals surface area contributed by atoms with Crippen molar-refractivity contribution in [2.75, 3.05) is 18.0 Å². The van der Waals surface area contributed by atoms with Crippen molar-refractivity contribution in [1.29, 1.82) is 0 Å². The molecule has 0 amide bonds. The fourth-order valence-corrected chi connectivity index (χ4v) is 3.07. The first-order valence-electron chi connectivity index (χ1n) is 5.81. The van der Waals surface area contributed by atoms with E-state index in [1.165, 1.54) is 0 Å². The highest BCUT2D eigenvalue weighted by Gasteiger charge is 2.41. The molecule has 0 aromatic carbocycles. The minimum atomic E-state index is -4.14. The van der Waals surface area contributed by atoms with E-state index in [0.29, 0.717) is 10.8 Å². The number of carbonyl (C=O) groups is 1. The van der Waals surface area contributed by atoms with Gasteiger partial charge in [0.2, 0.25) is 0 Å². The standard InChI is InChI=1S/C11H13F3N2O2S/c1-6-8(9(17)18)19-10(15-6)16-4-2-7(3-5-16)11(12,13)14/h7H,2-5H2,1H3,(H,17,18). The van der Waals surface area contributed by atoms with Crippen molar-refractivity contribution in [3.63, 3.8) is 0 Å². The molecule has 1 aliphatic rings. The Labute approximate surface area is 111 Å². The Hall–Kier alpha value is -1.31. The SMILES string of the molecule is Cc1nc(N2CCC(C(F)(F)F)CC2)sc1C(=O)O. The highest BCUT2D eigenvalue weighted by Crippen LogP contribution is 2.36. The molecule has 0 aliphatic carbocycles. The molecular formula is C11H13F3N2O2S. The molecule has 2 heterocycles. The van der Waals surface area contributed by atoms with Gasteiger partial charge in [-0.15, -0.1) is 0 Å². The van der Waals surface area contributed by atoms with Gasteiger partial charge >= 0.3 is 12.1 Å². The molecule has 0 saturated carbocycles. The Morgan fingerprint density at radius 2 is 2.00 bits per heavy atom. The third-order valence-corrected chi connectivity index (χ3v) is 4.41. The number of hydrogen-bond acceptors (Lipinski definition) is 4. The quantitative estimate of drug-likeness (QED) is 0.911. The molecule has 1 aliphatic heterocycles. The second-order valence-electron chi connectivity index (χ2n) is 4.52. The zero-order valence-corrected chi connectivity index (χ0v) is 11.0. The Kier molecular flexibility index (Phi) is 3.71. The van der Waals surface area contributed by atoms with Gasteiger partial charge in [0, 0.05) is 13.1 Å². The van der Waals surface area contributed by atoms with Crippen molar-refractivity contribution in [1.82, 2.24) is 4.98 Å². The molecule has 2 rings (SSSR count). The minimum Gasteiger partial charge on any atom is -0.477 e. The van der Waals surface area contributed by atoms with Crippen LogP contribution in [0.25, 0.3) is 0 Å². The van der Waals surface area contributed by atoms with Crippen LogP contribution in [0.2, 0.25) is 0 Å². The summed E-state index contributed by atoms with van der Waals surface area (Å²) >= 11 is 1.02. The van der Waals surface area contributed by atoms with Crippen LogP contribution in [0.1, 0.15) is 28.2 Å². The van der Waals surface area contributed by atoms with Crippen molar-refractivity contribution in [3.05, 3.63) is 10.6 Å². The fraction of sp³-hybridized carbons (Fsp3) is 0.636. The molecule has 0 unspecified atom stereocenters. The largest absolute Gasteiger partial charge is 0.477 e. The number of aromatic carboxylic acids is 1. The van der Waals surface area contributed by atoms with Crippen LogP contribution >= 0.6 is 11.3 Å². The Morgan fingerprint density at radius 3 is 2.42 bits per heavy atom. The summed E-state index contributed by atoms with van der Waals surface area (Å²) in [6.07, 6.45) is -4.08. The van der Waals surface area contributed by atoms with Crippen molar-refractivity contribution in [2.24, 2.45) is 5.92 Å². The van der Waals surface area contributed by atoms with Gasteiger partial charge in [-0.25, -0.2) is 9.78 Å². The first kappa shape index (κ1) is 14.1. The zero-order valence-electron chi connectivity index (χ0n) is 10.2. The van der Waals surface area contributed by atoms with Crippen molar-refractivity contribution < 1.29 is 23.1 Å². The molecule has 8 heteroatoms. The fourth-order valence-electron chi connectivity index (χ4n) is 2.11. The normalized spacial score (nSPS) is 17.8. The second kappa shape index (κ2) is 4.99. The molecule has 19 heavy (non-hydrogen) atoms. The van der Waals surface area contributed by atoms with Crippen LogP contribution in [-0.4, -0.2) is 35.3 Å². The van der Waals surface area contributed by atoms with Crippen molar-refractivity contribution >= 4 is 22.4 Å². The van der Waals surface area contributed by atoms with Gasteiger partial charge in [-0.1, -0.05) is 11.3 Å². The molecule has 0 radical (unpaired) electrons. The van der Waals surface area contributed by atoms with Gasteiger partial charge < -0.3 is 10.0 Å². The Bertz CT molecular complexity index is 479. The van der Waals surface area contributed by atoms with E-state index in [1.807, 2.05) is 0 Å². The first-order valence-corrected chi connectivity index (χ1v) is 6.63. The van der Waals surface area contributed by atoms with E-state index in [9.17, 15) is 18.0 Å². The number of thiazole rings is 1. The summed E-state index contributed by atoms with van der Waals surface area (Å²) in [7, 11) is 0. The highest BCUT2D eigenvalue weighted by molar-refractivity contribution is 7.17. The van der Waals surface area contributed by atoms with Gasteiger partial charge in [-0.3, -0.25) is 0 Å². The lowest BCUT2D eigenvalue weighted by molar-refractivity contribution is -0.179. The maximum Gasteiger partial charge on any atom is 0.391 e. The average Bonchev–Trinajstić information content (AvgIpc) is 2.70. The van der Waals surface area contributed by atoms with E-state index >= 15 is 0 Å². The monoisotopic (exact) mass is 294 g/mol. The second-order valence-corrected chi connectivity index (χ2v) is 5.50. The smallest absolute Gasteiger partial charge is 0.391 e. The summed E-state index contributed by atoms with van der Waals surface area (Å²) in [5.74, 6) is -2.31. The minimum absolute atomic E-state index is 0.0323. The number of piperidine rings is 1. The van der Waals surface area contributed by atoms with Crippen LogP contribution in [-0.2, 0) is 0 Å². The summed E-state index contributed by atoms with van der Waals surface area (Å²) in [6.45, 7) is 2.11. The van der Waals surface area contributed by atoms with E-state index in [0.717, 1.165) is 11.3 Å². The Balaban J connectivity index is 2.06. The molecule has 4 nitrogen and oxygen atoms in total. The number of aromatic nitrogens is 1. The molecule has 1 aromatic rings. The van der Waals surface area contributed by atoms with Crippen LogP contribution in [0.3, 0.4) is 0 Å². The molecule has 1 N–H and O–H groups in total. The molecule has 0 atom stereocenters. The molecule has 106 valence electrons. The zero-order chi connectivity index (χ0) is 14.2. The average molecular weight is 294 g/mol. The van der Waals surface area contributed by atoms with Crippen LogP contribution in [0, 0.1) is 12.8 Å². The van der Waals surface area contributed by atoms with Crippen LogP contribution < -0.4 is 4.90 Å². The number of alkyl halides is 3. The van der Waals surface area contributed by atoms with Gasteiger partial charge in [-0.05, 0) is 19.8 Å². The third-order valence-electron chi connectivity index (χ3n) is 3.21. The number of halogens is 3. The summed E-state index contributed by atoms with van der Waals surface area (Å²) < 4.78 is 37.6. The van der Waals surface area contributed by atoms with Gasteiger partial charge in [0.15, 0.2) is 5.13 Å². The van der Waals surface area contributed by atoms with Crippen LogP contribution in [0.15, 0.2) is 0 Å². The van der Waals surface area contributed by atoms with Crippen molar-refractivity contribution in [3.8, 4) is 0 Å². The summed E-state index contributed by atoms with van der Waals surface area (Å²) in [6, 6.07) is 0. The predicted molar refractivity (Wildman–Crippen MR) is 64.8 cm³/mol. The topological polar surface area (TPSA) is 53.4 Å². The van der Waals surface area contributed by atoms with Crippen molar-refractivity contribution in [2.45, 2.75) is 25.9 Å². The van der Waals surface area contributed by atoms with Gasteiger partial charge in [0.25, 0.3) is 0 Å². The molecule has 1 saturated heterocycles. The molecule has 0 spiro atoms. The van der Waals surface area contributed by atoms with E-state index < -0.39 is 18.1 Å². The summed E-state index contributed by atoms with van der Waals surface area (Å²) in [4.78, 5) is 16.9. The highest BCUT2D eigenvalue weighted by atomic mass is 32.1. The lowest BCUT2D eigenvalue weighted by atomic mass is 9.97. The lowest BCUT2D eigenvalue weighted by Gasteiger charge is -2.32. The molecule has 1 fully saturated rings. The van der Waals surface area contributed by atoms with E-state index in [4.69, 9.17) is 5.11 Å². The van der Waals surface area contributed by atoms with E-state index in [2.05, 4.69) is 4.98 Å². The van der Waals surface area contributed by atoms with Crippen LogP contribution in [0.5, 0.6) is 0 Å².